The first-order valence-corrected chi connectivity index (χ1v) is 9.10. The Morgan fingerprint density at radius 2 is 1.54 bits per heavy atom. The Bertz CT molecular complexity index is 1220. The fourth-order valence-corrected chi connectivity index (χ4v) is 4.79. The van der Waals surface area contributed by atoms with Gasteiger partial charge in [-0.25, -0.2) is 0 Å². The molecule has 0 amide bonds. The molecule has 24 heavy (non-hydrogen) atoms. The van der Waals surface area contributed by atoms with Gasteiger partial charge in [-0.05, 0) is 46.2 Å². The SMILES string of the molecule is Clc1cccc(-c2cccc3ccc4sc5ccccc5c4c23)c1. The van der Waals surface area contributed by atoms with Gasteiger partial charge in [0.05, 0.1) is 0 Å². The molecule has 114 valence electrons. The maximum absolute atomic E-state index is 6.24. The topological polar surface area (TPSA) is 0 Å². The zero-order valence-corrected chi connectivity index (χ0v) is 14.4. The van der Waals surface area contributed by atoms with Gasteiger partial charge >= 0.3 is 0 Å². The Kier molecular flexibility index (Phi) is 3.12. The van der Waals surface area contributed by atoms with Gasteiger partial charge in [0.15, 0.2) is 0 Å². The second kappa shape index (κ2) is 5.34. The van der Waals surface area contributed by atoms with Crippen LogP contribution in [0.25, 0.3) is 42.1 Å². The van der Waals surface area contributed by atoms with Crippen molar-refractivity contribution in [3.63, 3.8) is 0 Å². The molecule has 0 atom stereocenters. The average molecular weight is 345 g/mol. The number of benzene rings is 4. The van der Waals surface area contributed by atoms with Crippen molar-refractivity contribution in [2.75, 3.05) is 0 Å². The van der Waals surface area contributed by atoms with E-state index in [0.717, 1.165) is 10.6 Å². The molecular formula is C22H13ClS. The highest BCUT2D eigenvalue weighted by Crippen LogP contribution is 2.42. The Morgan fingerprint density at radius 3 is 2.46 bits per heavy atom. The van der Waals surface area contributed by atoms with E-state index in [9.17, 15) is 0 Å². The van der Waals surface area contributed by atoms with Crippen molar-refractivity contribution in [3.05, 3.63) is 83.9 Å². The lowest BCUT2D eigenvalue weighted by Crippen LogP contribution is -1.83. The average Bonchev–Trinajstić information content (AvgIpc) is 3.00. The summed E-state index contributed by atoms with van der Waals surface area (Å²) in [5, 5.41) is 6.03. The quantitative estimate of drug-likeness (QED) is 0.295. The molecule has 4 aromatic carbocycles. The van der Waals surface area contributed by atoms with E-state index in [1.54, 1.807) is 0 Å². The Labute approximate surface area is 148 Å². The van der Waals surface area contributed by atoms with E-state index in [1.807, 2.05) is 29.5 Å². The zero-order valence-electron chi connectivity index (χ0n) is 12.8. The lowest BCUT2D eigenvalue weighted by Gasteiger charge is -2.09. The molecule has 0 bridgehead atoms. The maximum Gasteiger partial charge on any atom is 0.0412 e. The van der Waals surface area contributed by atoms with E-state index in [0.29, 0.717) is 0 Å². The second-order valence-electron chi connectivity index (χ2n) is 5.95. The van der Waals surface area contributed by atoms with Crippen LogP contribution in [0.1, 0.15) is 0 Å². The monoisotopic (exact) mass is 344 g/mol. The summed E-state index contributed by atoms with van der Waals surface area (Å²) < 4.78 is 2.67. The van der Waals surface area contributed by atoms with Crippen LogP contribution < -0.4 is 0 Å². The summed E-state index contributed by atoms with van der Waals surface area (Å²) in [7, 11) is 0. The van der Waals surface area contributed by atoms with Crippen LogP contribution in [0.4, 0.5) is 0 Å². The van der Waals surface area contributed by atoms with Crippen LogP contribution in [0.3, 0.4) is 0 Å². The predicted octanol–water partition coefficient (Wildman–Crippen LogP) is 7.53. The number of rotatable bonds is 1. The lowest BCUT2D eigenvalue weighted by atomic mass is 9.95. The molecule has 1 heterocycles. The summed E-state index contributed by atoms with van der Waals surface area (Å²) in [5.74, 6) is 0. The van der Waals surface area contributed by atoms with Crippen molar-refractivity contribution in [1.82, 2.24) is 0 Å². The maximum atomic E-state index is 6.24. The summed E-state index contributed by atoms with van der Waals surface area (Å²) in [6, 6.07) is 27.7. The molecule has 0 nitrogen and oxygen atoms in total. The molecule has 0 unspecified atom stereocenters. The Morgan fingerprint density at radius 1 is 0.667 bits per heavy atom. The molecule has 0 radical (unpaired) electrons. The van der Waals surface area contributed by atoms with E-state index < -0.39 is 0 Å². The van der Waals surface area contributed by atoms with Crippen LogP contribution in [0.15, 0.2) is 78.9 Å². The van der Waals surface area contributed by atoms with Crippen molar-refractivity contribution in [1.29, 1.82) is 0 Å². The molecule has 0 aliphatic rings. The van der Waals surface area contributed by atoms with E-state index in [-0.39, 0.29) is 0 Å². The van der Waals surface area contributed by atoms with Gasteiger partial charge in [-0.2, -0.15) is 0 Å². The minimum atomic E-state index is 0.770. The largest absolute Gasteiger partial charge is 0.135 e. The smallest absolute Gasteiger partial charge is 0.0412 e. The molecule has 0 saturated carbocycles. The van der Waals surface area contributed by atoms with E-state index in [2.05, 4.69) is 60.7 Å². The van der Waals surface area contributed by atoms with Gasteiger partial charge in [0.2, 0.25) is 0 Å². The van der Waals surface area contributed by atoms with Gasteiger partial charge in [-0.3, -0.25) is 0 Å². The molecule has 2 heteroatoms. The highest BCUT2D eigenvalue weighted by atomic mass is 35.5. The predicted molar refractivity (Wildman–Crippen MR) is 107 cm³/mol. The normalized spacial score (nSPS) is 11.5. The third-order valence-corrected chi connectivity index (χ3v) is 5.89. The Hall–Kier alpha value is -2.35. The standard InChI is InChI=1S/C22H13ClS/c23-16-7-3-6-15(13-16)17-9-4-5-14-11-12-20-22(21(14)17)18-8-1-2-10-19(18)24-20/h1-13H. The van der Waals surface area contributed by atoms with Gasteiger partial charge in [0, 0.05) is 25.2 Å². The van der Waals surface area contributed by atoms with Crippen molar-refractivity contribution in [2.45, 2.75) is 0 Å². The molecule has 0 fully saturated rings. The number of hydrogen-bond acceptors (Lipinski definition) is 1. The molecule has 0 aliphatic carbocycles. The van der Waals surface area contributed by atoms with Crippen LogP contribution >= 0.6 is 22.9 Å². The van der Waals surface area contributed by atoms with Gasteiger partial charge in [-0.1, -0.05) is 66.2 Å². The third kappa shape index (κ3) is 2.06. The van der Waals surface area contributed by atoms with Gasteiger partial charge in [-0.15, -0.1) is 11.3 Å². The lowest BCUT2D eigenvalue weighted by molar-refractivity contribution is 1.66. The van der Waals surface area contributed by atoms with Crippen LogP contribution in [0.5, 0.6) is 0 Å². The minimum Gasteiger partial charge on any atom is -0.135 e. The summed E-state index contributed by atoms with van der Waals surface area (Å²) in [6.45, 7) is 0. The van der Waals surface area contributed by atoms with Crippen LogP contribution in [0, 0.1) is 0 Å². The first-order valence-electron chi connectivity index (χ1n) is 7.90. The van der Waals surface area contributed by atoms with Gasteiger partial charge in [0.1, 0.15) is 0 Å². The van der Waals surface area contributed by atoms with Crippen molar-refractivity contribution in [2.24, 2.45) is 0 Å². The fourth-order valence-electron chi connectivity index (χ4n) is 3.49. The second-order valence-corrected chi connectivity index (χ2v) is 7.47. The molecule has 5 rings (SSSR count). The highest BCUT2D eigenvalue weighted by Gasteiger charge is 2.12. The number of thiophene rings is 1. The first kappa shape index (κ1) is 14.0. The molecule has 5 aromatic rings. The number of fused-ring (bicyclic) bond motifs is 5. The zero-order chi connectivity index (χ0) is 16.1. The van der Waals surface area contributed by atoms with Gasteiger partial charge in [0.25, 0.3) is 0 Å². The van der Waals surface area contributed by atoms with Crippen molar-refractivity contribution < 1.29 is 0 Å². The number of halogens is 1. The van der Waals surface area contributed by atoms with Crippen LogP contribution in [0.2, 0.25) is 5.02 Å². The summed E-state index contributed by atoms with van der Waals surface area (Å²) in [4.78, 5) is 0. The molecule has 0 spiro atoms. The summed E-state index contributed by atoms with van der Waals surface area (Å²) in [5.41, 5.74) is 2.40. The molecule has 0 aliphatic heterocycles. The van der Waals surface area contributed by atoms with E-state index >= 15 is 0 Å². The molecule has 0 N–H and O–H groups in total. The minimum absolute atomic E-state index is 0.770. The van der Waals surface area contributed by atoms with Crippen molar-refractivity contribution >= 4 is 53.9 Å². The molecular weight excluding hydrogens is 332 g/mol. The van der Waals surface area contributed by atoms with E-state index in [1.165, 1.54) is 36.5 Å². The number of hydrogen-bond donors (Lipinski definition) is 0. The summed E-state index contributed by atoms with van der Waals surface area (Å²) >= 11 is 8.10. The summed E-state index contributed by atoms with van der Waals surface area (Å²) in [6.07, 6.45) is 0. The van der Waals surface area contributed by atoms with Crippen LogP contribution in [-0.4, -0.2) is 0 Å². The van der Waals surface area contributed by atoms with Crippen molar-refractivity contribution in [3.8, 4) is 11.1 Å². The first-order chi connectivity index (χ1) is 11.8. The third-order valence-electron chi connectivity index (χ3n) is 4.52. The van der Waals surface area contributed by atoms with E-state index in [4.69, 9.17) is 11.6 Å². The molecule has 0 saturated heterocycles. The molecule has 1 aromatic heterocycles. The van der Waals surface area contributed by atoms with Gasteiger partial charge < -0.3 is 0 Å². The Balaban J connectivity index is 2.01. The van der Waals surface area contributed by atoms with Crippen LogP contribution in [-0.2, 0) is 0 Å². The fraction of sp³-hybridized carbons (Fsp3) is 0. The highest BCUT2D eigenvalue weighted by molar-refractivity contribution is 7.26.